The summed E-state index contributed by atoms with van der Waals surface area (Å²) in [7, 11) is 6.86. The second-order valence-electron chi connectivity index (χ2n) is 8.78. The molecule has 0 aliphatic heterocycles. The number of hydrogen-bond donors (Lipinski definition) is 0. The molecule has 0 fully saturated rings. The van der Waals surface area contributed by atoms with Crippen LogP contribution in [0.4, 0.5) is 38.1 Å². The normalized spacial score (nSPS) is 12.4. The summed E-state index contributed by atoms with van der Waals surface area (Å²) in [6, 6.07) is 3.26. The first-order valence-electron chi connectivity index (χ1n) is 10.9. The monoisotopic (exact) mass is 527 g/mol. The molecule has 0 bridgehead atoms. The summed E-state index contributed by atoms with van der Waals surface area (Å²) < 4.78 is 82.4. The first kappa shape index (κ1) is 26.2. The van der Waals surface area contributed by atoms with Gasteiger partial charge in [0.1, 0.15) is 17.2 Å². The number of halogens is 6. The van der Waals surface area contributed by atoms with Crippen LogP contribution in [0, 0.1) is 6.92 Å². The van der Waals surface area contributed by atoms with Gasteiger partial charge in [0, 0.05) is 33.3 Å². The molecule has 0 amide bonds. The van der Waals surface area contributed by atoms with E-state index in [1.54, 1.807) is 25.1 Å². The molecule has 198 valence electrons. The molecule has 0 unspecified atom stereocenters. The van der Waals surface area contributed by atoms with Crippen molar-refractivity contribution in [3.63, 3.8) is 0 Å². The summed E-state index contributed by atoms with van der Waals surface area (Å²) in [5.74, 6) is 1.29. The van der Waals surface area contributed by atoms with Gasteiger partial charge in [0.2, 0.25) is 0 Å². The molecule has 4 rings (SSSR count). The highest BCUT2D eigenvalue weighted by Gasteiger charge is 2.37. The summed E-state index contributed by atoms with van der Waals surface area (Å²) >= 11 is 0. The Balaban J connectivity index is 1.81. The lowest BCUT2D eigenvalue weighted by molar-refractivity contribution is -0.143. The van der Waals surface area contributed by atoms with Crippen molar-refractivity contribution in [1.82, 2.24) is 34.7 Å². The van der Waals surface area contributed by atoms with E-state index in [0.717, 1.165) is 10.6 Å². The highest BCUT2D eigenvalue weighted by molar-refractivity contribution is 5.76. The fraction of sp³-hybridized carbons (Fsp3) is 0.409. The van der Waals surface area contributed by atoms with Gasteiger partial charge in [0.25, 0.3) is 5.95 Å². The third-order valence-electron chi connectivity index (χ3n) is 5.71. The van der Waals surface area contributed by atoms with Crippen LogP contribution in [0.15, 0.2) is 24.3 Å². The first-order valence-corrected chi connectivity index (χ1v) is 10.9. The van der Waals surface area contributed by atoms with Gasteiger partial charge in [-0.2, -0.15) is 31.1 Å². The van der Waals surface area contributed by atoms with Crippen molar-refractivity contribution in [2.75, 3.05) is 23.9 Å². The van der Waals surface area contributed by atoms with Crippen LogP contribution in [0.25, 0.3) is 11.2 Å². The van der Waals surface area contributed by atoms with Crippen molar-refractivity contribution in [3.05, 3.63) is 52.3 Å². The van der Waals surface area contributed by atoms with E-state index in [-0.39, 0.29) is 30.7 Å². The van der Waals surface area contributed by atoms with Gasteiger partial charge in [-0.1, -0.05) is 5.10 Å². The lowest BCUT2D eigenvalue weighted by Gasteiger charge is -2.24. The molecule has 9 nitrogen and oxygen atoms in total. The van der Waals surface area contributed by atoms with Crippen molar-refractivity contribution in [1.29, 1.82) is 0 Å². The molecule has 0 saturated carbocycles. The number of aryl methyl sites for hydroxylation is 3. The number of aromatic nitrogens is 7. The molecule has 0 aliphatic carbocycles. The van der Waals surface area contributed by atoms with Gasteiger partial charge < -0.3 is 14.4 Å². The maximum absolute atomic E-state index is 13.4. The zero-order chi connectivity index (χ0) is 27.3. The van der Waals surface area contributed by atoms with Gasteiger partial charge >= 0.3 is 12.4 Å². The van der Waals surface area contributed by atoms with Crippen LogP contribution in [-0.2, 0) is 39.5 Å². The fourth-order valence-corrected chi connectivity index (χ4v) is 3.89. The molecule has 0 saturated heterocycles. The number of hydrogen-bond acceptors (Lipinski definition) is 7. The predicted octanol–water partition coefficient (Wildman–Crippen LogP) is 4.11. The minimum absolute atomic E-state index is 0.00929. The predicted molar refractivity (Wildman–Crippen MR) is 123 cm³/mol. The topological polar surface area (TPSA) is 80.8 Å². The van der Waals surface area contributed by atoms with E-state index >= 15 is 0 Å². The van der Waals surface area contributed by atoms with Gasteiger partial charge in [-0.3, -0.25) is 0 Å². The van der Waals surface area contributed by atoms with Gasteiger partial charge in [0.05, 0.1) is 24.7 Å². The van der Waals surface area contributed by atoms with Crippen molar-refractivity contribution < 1.29 is 26.3 Å². The van der Waals surface area contributed by atoms with E-state index in [0.29, 0.717) is 34.7 Å². The van der Waals surface area contributed by atoms with Crippen molar-refractivity contribution in [2.45, 2.75) is 32.4 Å². The number of pyridine rings is 1. The van der Waals surface area contributed by atoms with Crippen molar-refractivity contribution in [2.24, 2.45) is 14.1 Å². The fourth-order valence-electron chi connectivity index (χ4n) is 3.89. The average molecular weight is 527 g/mol. The highest BCUT2D eigenvalue weighted by Crippen LogP contribution is 2.37. The zero-order valence-electron chi connectivity index (χ0n) is 20.5. The van der Waals surface area contributed by atoms with Gasteiger partial charge in [-0.15, -0.1) is 5.10 Å². The van der Waals surface area contributed by atoms with Gasteiger partial charge in [-0.05, 0) is 42.0 Å². The Kier molecular flexibility index (Phi) is 6.50. The van der Waals surface area contributed by atoms with E-state index in [9.17, 15) is 26.3 Å². The molecule has 3 heterocycles. The smallest absolute Gasteiger partial charge is 0.362 e. The van der Waals surface area contributed by atoms with Gasteiger partial charge in [0.15, 0.2) is 5.65 Å². The number of imidazole rings is 1. The van der Waals surface area contributed by atoms with Crippen LogP contribution in [0.3, 0.4) is 0 Å². The molecule has 1 aromatic carbocycles. The Labute approximate surface area is 207 Å². The lowest BCUT2D eigenvalue weighted by Crippen LogP contribution is -2.26. The molecule has 0 atom stereocenters. The largest absolute Gasteiger partial charge is 0.416 e. The molecular weight excluding hydrogens is 504 g/mol. The van der Waals surface area contributed by atoms with E-state index in [4.69, 9.17) is 0 Å². The molecule has 0 N–H and O–H groups in total. The quantitative estimate of drug-likeness (QED) is 0.349. The SMILES string of the molecule is Cc1nc2cc(CN(Cc3cc(C(F)(F)F)cc(C(F)(F)F)c3)c3nnn(C)n3)c(N(C)C)nc2n1C. The van der Waals surface area contributed by atoms with Gasteiger partial charge in [-0.25, -0.2) is 9.97 Å². The summed E-state index contributed by atoms with van der Waals surface area (Å²) in [4.78, 5) is 13.5. The Morgan fingerprint density at radius 3 is 2.00 bits per heavy atom. The standard InChI is InChI=1S/C22H23F6N9/c1-12-29-17-8-14(18(34(2)3)30-19(17)35(12)4)11-37(20-31-33-36(5)32-20)10-13-6-15(21(23,24)25)9-16(7-13)22(26,27)28/h6-9H,10-11H2,1-5H3. The van der Waals surface area contributed by atoms with Crippen molar-refractivity contribution in [3.8, 4) is 0 Å². The molecule has 0 spiro atoms. The third-order valence-corrected chi connectivity index (χ3v) is 5.71. The van der Waals surface area contributed by atoms with Crippen LogP contribution >= 0.6 is 0 Å². The molecule has 0 aliphatic rings. The number of fused-ring (bicyclic) bond motifs is 1. The Hall–Kier alpha value is -3.91. The Morgan fingerprint density at radius 1 is 0.865 bits per heavy atom. The third kappa shape index (κ3) is 5.44. The molecule has 4 aromatic rings. The molecule has 37 heavy (non-hydrogen) atoms. The highest BCUT2D eigenvalue weighted by atomic mass is 19.4. The van der Waals surface area contributed by atoms with E-state index in [2.05, 4.69) is 25.4 Å². The molecular formula is C22H23F6N9. The van der Waals surface area contributed by atoms with E-state index in [1.165, 1.54) is 11.9 Å². The zero-order valence-corrected chi connectivity index (χ0v) is 20.5. The number of alkyl halides is 6. The maximum Gasteiger partial charge on any atom is 0.416 e. The summed E-state index contributed by atoms with van der Waals surface area (Å²) in [5.41, 5.74) is -1.18. The van der Waals surface area contributed by atoms with E-state index < -0.39 is 23.5 Å². The van der Waals surface area contributed by atoms with Crippen molar-refractivity contribution >= 4 is 22.9 Å². The maximum atomic E-state index is 13.4. The minimum atomic E-state index is -4.96. The number of tetrazole rings is 1. The minimum Gasteiger partial charge on any atom is -0.362 e. The molecule has 3 aromatic heterocycles. The Bertz CT molecular complexity index is 1400. The number of rotatable bonds is 6. The second-order valence-corrected chi connectivity index (χ2v) is 8.78. The summed E-state index contributed by atoms with van der Waals surface area (Å²) in [6.45, 7) is 1.47. The number of anilines is 2. The van der Waals surface area contributed by atoms with Crippen LogP contribution < -0.4 is 9.80 Å². The Morgan fingerprint density at radius 2 is 1.49 bits per heavy atom. The molecule has 0 radical (unpaired) electrons. The van der Waals surface area contributed by atoms with Crippen LogP contribution in [0.2, 0.25) is 0 Å². The average Bonchev–Trinajstić information content (AvgIpc) is 3.34. The lowest BCUT2D eigenvalue weighted by atomic mass is 10.0. The van der Waals surface area contributed by atoms with Crippen LogP contribution in [0.1, 0.15) is 28.1 Å². The van der Waals surface area contributed by atoms with Crippen LogP contribution in [-0.4, -0.2) is 48.8 Å². The van der Waals surface area contributed by atoms with E-state index in [1.807, 2.05) is 18.5 Å². The number of benzene rings is 1. The second kappa shape index (κ2) is 9.19. The summed E-state index contributed by atoms with van der Waals surface area (Å²) in [6.07, 6.45) is -9.93. The van der Waals surface area contributed by atoms with Crippen LogP contribution in [0.5, 0.6) is 0 Å². The molecule has 15 heteroatoms. The summed E-state index contributed by atoms with van der Waals surface area (Å²) in [5, 5.41) is 11.8. The number of nitrogens with zero attached hydrogens (tertiary/aromatic N) is 9. The first-order chi connectivity index (χ1) is 17.1.